The maximum absolute atomic E-state index is 5.91. The second-order valence-electron chi connectivity index (χ2n) is 5.99. The summed E-state index contributed by atoms with van der Waals surface area (Å²) < 4.78 is 0. The van der Waals surface area contributed by atoms with Crippen molar-refractivity contribution in [2.75, 3.05) is 19.6 Å². The predicted molar refractivity (Wildman–Crippen MR) is 77.4 cm³/mol. The van der Waals surface area contributed by atoms with E-state index >= 15 is 0 Å². The molecule has 1 unspecified atom stereocenters. The minimum absolute atomic E-state index is 0.648. The van der Waals surface area contributed by atoms with Gasteiger partial charge in [-0.25, -0.2) is 0 Å². The van der Waals surface area contributed by atoms with E-state index in [1.54, 1.807) is 0 Å². The van der Waals surface area contributed by atoms with Crippen molar-refractivity contribution in [1.82, 2.24) is 4.90 Å². The fourth-order valence-electron chi connectivity index (χ4n) is 2.99. The normalized spacial score (nSPS) is 17.8. The van der Waals surface area contributed by atoms with Crippen molar-refractivity contribution in [3.8, 4) is 0 Å². The molecule has 0 aromatic heterocycles. The molecule has 0 fully saturated rings. The SMILES string of the molecule is CC(C)CC(CN)CN1CCc2ccccc2C1. The Hall–Kier alpha value is -0.860. The Kier molecular flexibility index (Phi) is 4.79. The number of hydrogen-bond donors (Lipinski definition) is 1. The fraction of sp³-hybridized carbons (Fsp3) is 0.625. The second kappa shape index (κ2) is 6.35. The van der Waals surface area contributed by atoms with Crippen molar-refractivity contribution < 1.29 is 0 Å². The summed E-state index contributed by atoms with van der Waals surface area (Å²) in [6.45, 7) is 8.83. The lowest BCUT2D eigenvalue weighted by Crippen LogP contribution is -2.37. The van der Waals surface area contributed by atoms with Crippen LogP contribution in [0.4, 0.5) is 0 Å². The third-order valence-electron chi connectivity index (χ3n) is 3.86. The fourth-order valence-corrected chi connectivity index (χ4v) is 2.99. The Morgan fingerprint density at radius 3 is 2.61 bits per heavy atom. The van der Waals surface area contributed by atoms with E-state index in [4.69, 9.17) is 5.73 Å². The van der Waals surface area contributed by atoms with Gasteiger partial charge in [0, 0.05) is 19.6 Å². The van der Waals surface area contributed by atoms with E-state index in [-0.39, 0.29) is 0 Å². The quantitative estimate of drug-likeness (QED) is 0.865. The predicted octanol–water partition coefficient (Wildman–Crippen LogP) is 2.67. The molecule has 1 aromatic rings. The first-order valence-corrected chi connectivity index (χ1v) is 7.18. The van der Waals surface area contributed by atoms with Crippen LogP contribution >= 0.6 is 0 Å². The van der Waals surface area contributed by atoms with Crippen molar-refractivity contribution in [2.24, 2.45) is 17.6 Å². The molecule has 2 N–H and O–H groups in total. The molecule has 1 aliphatic rings. The van der Waals surface area contributed by atoms with Crippen LogP contribution in [-0.4, -0.2) is 24.5 Å². The molecule has 1 heterocycles. The van der Waals surface area contributed by atoms with E-state index in [1.807, 2.05) is 0 Å². The maximum atomic E-state index is 5.91. The third kappa shape index (κ3) is 3.56. The van der Waals surface area contributed by atoms with Gasteiger partial charge in [0.1, 0.15) is 0 Å². The molecule has 0 bridgehead atoms. The summed E-state index contributed by atoms with van der Waals surface area (Å²) in [5.41, 5.74) is 8.94. The van der Waals surface area contributed by atoms with Gasteiger partial charge in [-0.05, 0) is 42.3 Å². The minimum atomic E-state index is 0.648. The van der Waals surface area contributed by atoms with E-state index in [9.17, 15) is 0 Å². The molecule has 18 heavy (non-hydrogen) atoms. The molecule has 0 aliphatic carbocycles. The summed E-state index contributed by atoms with van der Waals surface area (Å²) in [4.78, 5) is 2.57. The summed E-state index contributed by atoms with van der Waals surface area (Å²) >= 11 is 0. The van der Waals surface area contributed by atoms with Crippen LogP contribution in [-0.2, 0) is 13.0 Å². The Bertz CT molecular complexity index is 373. The standard InChI is InChI=1S/C16H26N2/c1-13(2)9-14(10-17)11-18-8-7-15-5-3-4-6-16(15)12-18/h3-6,13-14H,7-12,17H2,1-2H3. The maximum Gasteiger partial charge on any atom is 0.0236 e. The van der Waals surface area contributed by atoms with Gasteiger partial charge in [0.05, 0.1) is 0 Å². The van der Waals surface area contributed by atoms with Crippen LogP contribution < -0.4 is 5.73 Å². The Labute approximate surface area is 111 Å². The molecule has 0 saturated carbocycles. The molecule has 2 nitrogen and oxygen atoms in total. The van der Waals surface area contributed by atoms with Crippen LogP contribution in [0, 0.1) is 11.8 Å². The molecule has 0 saturated heterocycles. The van der Waals surface area contributed by atoms with Gasteiger partial charge in [-0.15, -0.1) is 0 Å². The second-order valence-corrected chi connectivity index (χ2v) is 5.99. The van der Waals surface area contributed by atoms with Gasteiger partial charge < -0.3 is 5.73 Å². The lowest BCUT2D eigenvalue weighted by molar-refractivity contribution is 0.202. The third-order valence-corrected chi connectivity index (χ3v) is 3.86. The van der Waals surface area contributed by atoms with Gasteiger partial charge in [0.15, 0.2) is 0 Å². The van der Waals surface area contributed by atoms with Crippen LogP contribution in [0.1, 0.15) is 31.4 Å². The van der Waals surface area contributed by atoms with Gasteiger partial charge in [-0.3, -0.25) is 4.90 Å². The average molecular weight is 246 g/mol. The number of nitrogens with zero attached hydrogens (tertiary/aromatic N) is 1. The number of hydrogen-bond acceptors (Lipinski definition) is 2. The van der Waals surface area contributed by atoms with E-state index in [0.717, 1.165) is 25.6 Å². The molecule has 0 spiro atoms. The molecule has 0 radical (unpaired) electrons. The summed E-state index contributed by atoms with van der Waals surface area (Å²) in [5.74, 6) is 1.39. The van der Waals surface area contributed by atoms with Crippen LogP contribution in [0.2, 0.25) is 0 Å². The molecule has 1 aromatic carbocycles. The van der Waals surface area contributed by atoms with E-state index in [0.29, 0.717) is 5.92 Å². The highest BCUT2D eigenvalue weighted by atomic mass is 15.1. The summed E-state index contributed by atoms with van der Waals surface area (Å²) in [6.07, 6.45) is 2.43. The van der Waals surface area contributed by atoms with Gasteiger partial charge in [-0.2, -0.15) is 0 Å². The Morgan fingerprint density at radius 2 is 1.94 bits per heavy atom. The zero-order chi connectivity index (χ0) is 13.0. The zero-order valence-electron chi connectivity index (χ0n) is 11.7. The molecule has 1 atom stereocenters. The van der Waals surface area contributed by atoms with Crippen molar-refractivity contribution in [1.29, 1.82) is 0 Å². The largest absolute Gasteiger partial charge is 0.330 e. The first-order valence-electron chi connectivity index (χ1n) is 7.18. The molecule has 1 aliphatic heterocycles. The molecule has 100 valence electrons. The van der Waals surface area contributed by atoms with Gasteiger partial charge in [-0.1, -0.05) is 38.1 Å². The highest BCUT2D eigenvalue weighted by Crippen LogP contribution is 2.20. The topological polar surface area (TPSA) is 29.3 Å². The van der Waals surface area contributed by atoms with Crippen molar-refractivity contribution in [3.05, 3.63) is 35.4 Å². The van der Waals surface area contributed by atoms with Gasteiger partial charge >= 0.3 is 0 Å². The molecule has 2 rings (SSSR count). The van der Waals surface area contributed by atoms with E-state index < -0.39 is 0 Å². The minimum Gasteiger partial charge on any atom is -0.330 e. The van der Waals surface area contributed by atoms with Crippen LogP contribution in [0.3, 0.4) is 0 Å². The first-order chi connectivity index (χ1) is 8.69. The van der Waals surface area contributed by atoms with Crippen molar-refractivity contribution in [3.63, 3.8) is 0 Å². The summed E-state index contributed by atoms with van der Waals surface area (Å²) in [5, 5.41) is 0. The number of nitrogens with two attached hydrogens (primary N) is 1. The van der Waals surface area contributed by atoms with Crippen LogP contribution in [0.5, 0.6) is 0 Å². The number of benzene rings is 1. The van der Waals surface area contributed by atoms with Crippen molar-refractivity contribution >= 4 is 0 Å². The highest BCUT2D eigenvalue weighted by molar-refractivity contribution is 5.29. The Balaban J connectivity index is 1.92. The average Bonchev–Trinajstić information content (AvgIpc) is 2.37. The van der Waals surface area contributed by atoms with Crippen molar-refractivity contribution in [2.45, 2.75) is 33.2 Å². The lowest BCUT2D eigenvalue weighted by atomic mass is 9.94. The van der Waals surface area contributed by atoms with Crippen LogP contribution in [0.25, 0.3) is 0 Å². The molecule has 2 heteroatoms. The highest BCUT2D eigenvalue weighted by Gasteiger charge is 2.19. The molecular formula is C16H26N2. The number of rotatable bonds is 5. The summed E-state index contributed by atoms with van der Waals surface area (Å²) in [6, 6.07) is 8.83. The zero-order valence-corrected chi connectivity index (χ0v) is 11.7. The molecular weight excluding hydrogens is 220 g/mol. The smallest absolute Gasteiger partial charge is 0.0236 e. The monoisotopic (exact) mass is 246 g/mol. The van der Waals surface area contributed by atoms with Crippen LogP contribution in [0.15, 0.2) is 24.3 Å². The number of fused-ring (bicyclic) bond motifs is 1. The first kappa shape index (κ1) is 13.6. The van der Waals surface area contributed by atoms with E-state index in [2.05, 4.69) is 43.0 Å². The Morgan fingerprint density at radius 1 is 1.22 bits per heavy atom. The van der Waals surface area contributed by atoms with E-state index in [1.165, 1.54) is 30.5 Å². The summed E-state index contributed by atoms with van der Waals surface area (Å²) in [7, 11) is 0. The van der Waals surface area contributed by atoms with Gasteiger partial charge in [0.25, 0.3) is 0 Å². The lowest BCUT2D eigenvalue weighted by Gasteiger charge is -2.32. The molecule has 0 amide bonds. The van der Waals surface area contributed by atoms with Gasteiger partial charge in [0.2, 0.25) is 0 Å².